The van der Waals surface area contributed by atoms with Gasteiger partial charge in [0.05, 0.1) is 24.9 Å². The van der Waals surface area contributed by atoms with Crippen LogP contribution in [0.5, 0.6) is 0 Å². The minimum absolute atomic E-state index is 0.0727. The Bertz CT molecular complexity index is 785. The second-order valence-corrected chi connectivity index (χ2v) is 9.65. The molecular weight excluding hydrogens is 377 g/mol. The number of carbonyl (C=O) groups is 2. The third-order valence-corrected chi connectivity index (χ3v) is 7.33. The van der Waals surface area contributed by atoms with Crippen molar-refractivity contribution in [1.82, 2.24) is 4.90 Å². The van der Waals surface area contributed by atoms with Gasteiger partial charge in [-0.1, -0.05) is 12.1 Å². The standard InChI is InChI=1S/C18H24FNO6S/c1-18(2,17(23)20-7-9-26-10-8-20)27(24,25)12-14(16(21)22)11-13-3-5-15(19)6-4-13/h3-6,14H,7-12H2,1-2H3,(H,21,22)/t14-/m0/s1. The number of hydrogen-bond acceptors (Lipinski definition) is 5. The molecule has 1 amide bonds. The number of morpholine rings is 1. The van der Waals surface area contributed by atoms with Gasteiger partial charge >= 0.3 is 5.97 Å². The first-order valence-electron chi connectivity index (χ1n) is 8.61. The first-order valence-corrected chi connectivity index (χ1v) is 10.3. The molecule has 1 aromatic carbocycles. The van der Waals surface area contributed by atoms with E-state index >= 15 is 0 Å². The SMILES string of the molecule is CC(C)(C(=O)N1CCOCC1)S(=O)(=O)C[C@H](Cc1ccc(F)cc1)C(=O)O. The van der Waals surface area contributed by atoms with Crippen LogP contribution in [0.1, 0.15) is 19.4 Å². The Morgan fingerprint density at radius 2 is 1.78 bits per heavy atom. The largest absolute Gasteiger partial charge is 0.481 e. The summed E-state index contributed by atoms with van der Waals surface area (Å²) in [5.41, 5.74) is 0.510. The number of rotatable bonds is 7. The van der Waals surface area contributed by atoms with Crippen molar-refractivity contribution >= 4 is 21.7 Å². The van der Waals surface area contributed by atoms with Crippen LogP contribution in [-0.4, -0.2) is 67.1 Å². The molecule has 1 aromatic rings. The number of amides is 1. The van der Waals surface area contributed by atoms with E-state index in [0.717, 1.165) is 0 Å². The molecule has 150 valence electrons. The summed E-state index contributed by atoms with van der Waals surface area (Å²) >= 11 is 0. The van der Waals surface area contributed by atoms with Crippen LogP contribution in [0.4, 0.5) is 4.39 Å². The number of carboxylic acid groups (broad SMARTS) is 1. The summed E-state index contributed by atoms with van der Waals surface area (Å²) in [4.78, 5) is 25.7. The van der Waals surface area contributed by atoms with Gasteiger partial charge in [0.25, 0.3) is 0 Å². The smallest absolute Gasteiger partial charge is 0.307 e. The Kier molecular flexibility index (Phi) is 6.59. The van der Waals surface area contributed by atoms with Crippen LogP contribution in [0, 0.1) is 11.7 Å². The molecule has 0 radical (unpaired) electrons. The third kappa shape index (κ3) is 5.04. The van der Waals surface area contributed by atoms with Crippen LogP contribution >= 0.6 is 0 Å². The highest BCUT2D eigenvalue weighted by Crippen LogP contribution is 2.25. The molecule has 1 atom stereocenters. The number of sulfone groups is 1. The maximum atomic E-state index is 13.0. The lowest BCUT2D eigenvalue weighted by atomic mass is 10.0. The molecular formula is C18H24FNO6S. The Morgan fingerprint density at radius 3 is 2.30 bits per heavy atom. The summed E-state index contributed by atoms with van der Waals surface area (Å²) in [7, 11) is -4.07. The van der Waals surface area contributed by atoms with E-state index < -0.39 is 43.9 Å². The van der Waals surface area contributed by atoms with Crippen LogP contribution in [0.25, 0.3) is 0 Å². The zero-order valence-corrected chi connectivity index (χ0v) is 16.2. The van der Waals surface area contributed by atoms with Crippen molar-refractivity contribution in [1.29, 1.82) is 0 Å². The second-order valence-electron chi connectivity index (χ2n) is 7.06. The Hall–Kier alpha value is -2.00. The third-order valence-electron chi connectivity index (χ3n) is 4.76. The van der Waals surface area contributed by atoms with E-state index in [1.807, 2.05) is 0 Å². The maximum absolute atomic E-state index is 13.0. The number of aliphatic carboxylic acids is 1. The van der Waals surface area contributed by atoms with Crippen molar-refractivity contribution in [3.05, 3.63) is 35.6 Å². The van der Waals surface area contributed by atoms with Crippen molar-refractivity contribution in [3.63, 3.8) is 0 Å². The normalized spacial score (nSPS) is 16.8. The lowest BCUT2D eigenvalue weighted by Gasteiger charge is -2.34. The van der Waals surface area contributed by atoms with Gasteiger partial charge in [0.2, 0.25) is 5.91 Å². The zero-order chi connectivity index (χ0) is 20.2. The Labute approximate surface area is 158 Å². The fourth-order valence-electron chi connectivity index (χ4n) is 2.88. The maximum Gasteiger partial charge on any atom is 0.307 e. The molecule has 0 bridgehead atoms. The van der Waals surface area contributed by atoms with Crippen molar-refractivity contribution < 1.29 is 32.2 Å². The molecule has 1 N–H and O–H groups in total. The van der Waals surface area contributed by atoms with Crippen LogP contribution in [0.3, 0.4) is 0 Å². The van der Waals surface area contributed by atoms with E-state index in [9.17, 15) is 27.5 Å². The Morgan fingerprint density at radius 1 is 1.22 bits per heavy atom. The molecule has 0 unspecified atom stereocenters. The topological polar surface area (TPSA) is 101 Å². The fourth-order valence-corrected chi connectivity index (χ4v) is 4.48. The number of halogens is 1. The number of ether oxygens (including phenoxy) is 1. The molecule has 9 heteroatoms. The molecule has 27 heavy (non-hydrogen) atoms. The summed E-state index contributed by atoms with van der Waals surface area (Å²) in [6, 6.07) is 5.22. The van der Waals surface area contributed by atoms with Crippen LogP contribution in [-0.2, 0) is 30.6 Å². The lowest BCUT2D eigenvalue weighted by molar-refractivity contribution is -0.141. The highest BCUT2D eigenvalue weighted by Gasteiger charge is 2.46. The van der Waals surface area contributed by atoms with E-state index in [1.165, 1.54) is 43.0 Å². The summed E-state index contributed by atoms with van der Waals surface area (Å²) < 4.78 is 42.2. The van der Waals surface area contributed by atoms with E-state index in [1.54, 1.807) is 0 Å². The summed E-state index contributed by atoms with van der Waals surface area (Å²) in [5, 5.41) is 9.46. The number of benzene rings is 1. The number of carboxylic acids is 1. The molecule has 1 saturated heterocycles. The molecule has 1 heterocycles. The number of carbonyl (C=O) groups excluding carboxylic acids is 1. The van der Waals surface area contributed by atoms with Gasteiger partial charge in [-0.15, -0.1) is 0 Å². The first-order chi connectivity index (χ1) is 12.5. The molecule has 1 fully saturated rings. The van der Waals surface area contributed by atoms with E-state index in [4.69, 9.17) is 4.74 Å². The zero-order valence-electron chi connectivity index (χ0n) is 15.4. The molecule has 0 spiro atoms. The summed E-state index contributed by atoms with van der Waals surface area (Å²) in [6.45, 7) is 3.88. The highest BCUT2D eigenvalue weighted by atomic mass is 32.2. The fraction of sp³-hybridized carbons (Fsp3) is 0.556. The van der Waals surface area contributed by atoms with Gasteiger partial charge in [0.15, 0.2) is 9.84 Å². The average Bonchev–Trinajstić information content (AvgIpc) is 2.62. The van der Waals surface area contributed by atoms with Gasteiger partial charge in [0.1, 0.15) is 10.6 Å². The van der Waals surface area contributed by atoms with Crippen LogP contribution in [0.15, 0.2) is 24.3 Å². The van der Waals surface area contributed by atoms with E-state index in [-0.39, 0.29) is 6.42 Å². The predicted octanol–water partition coefficient (Wildman–Crippen LogP) is 1.12. The van der Waals surface area contributed by atoms with Crippen molar-refractivity contribution in [2.75, 3.05) is 32.1 Å². The molecule has 7 nitrogen and oxygen atoms in total. The quantitative estimate of drug-likeness (QED) is 0.735. The molecule has 1 aliphatic rings. The number of hydrogen-bond donors (Lipinski definition) is 1. The van der Waals surface area contributed by atoms with E-state index in [2.05, 4.69) is 0 Å². The predicted molar refractivity (Wildman–Crippen MR) is 96.5 cm³/mol. The lowest BCUT2D eigenvalue weighted by Crippen LogP contribution is -2.54. The van der Waals surface area contributed by atoms with Crippen LogP contribution in [0.2, 0.25) is 0 Å². The molecule has 0 aromatic heterocycles. The molecule has 2 rings (SSSR count). The van der Waals surface area contributed by atoms with Gasteiger partial charge in [-0.25, -0.2) is 12.8 Å². The Balaban J connectivity index is 2.17. The second kappa shape index (κ2) is 8.35. The molecule has 1 aliphatic heterocycles. The van der Waals surface area contributed by atoms with Crippen molar-refractivity contribution in [2.24, 2.45) is 5.92 Å². The van der Waals surface area contributed by atoms with Gasteiger partial charge in [0, 0.05) is 13.1 Å². The monoisotopic (exact) mass is 401 g/mol. The minimum Gasteiger partial charge on any atom is -0.481 e. The van der Waals surface area contributed by atoms with Crippen molar-refractivity contribution in [3.8, 4) is 0 Å². The minimum atomic E-state index is -4.07. The van der Waals surface area contributed by atoms with Crippen molar-refractivity contribution in [2.45, 2.75) is 25.0 Å². The van der Waals surface area contributed by atoms with Gasteiger partial charge in [-0.05, 0) is 38.0 Å². The average molecular weight is 401 g/mol. The molecule has 0 saturated carbocycles. The van der Waals surface area contributed by atoms with Gasteiger partial charge in [-0.3, -0.25) is 9.59 Å². The number of nitrogens with zero attached hydrogens (tertiary/aromatic N) is 1. The van der Waals surface area contributed by atoms with E-state index in [0.29, 0.717) is 31.9 Å². The highest BCUT2D eigenvalue weighted by molar-refractivity contribution is 7.93. The first kappa shape index (κ1) is 21.3. The van der Waals surface area contributed by atoms with Crippen LogP contribution < -0.4 is 0 Å². The van der Waals surface area contributed by atoms with Gasteiger partial charge < -0.3 is 14.7 Å². The molecule has 0 aliphatic carbocycles. The van der Waals surface area contributed by atoms with Gasteiger partial charge in [-0.2, -0.15) is 0 Å². The summed E-state index contributed by atoms with van der Waals surface area (Å²) in [5.74, 6) is -4.22. The summed E-state index contributed by atoms with van der Waals surface area (Å²) in [6.07, 6.45) is -0.0727.